The van der Waals surface area contributed by atoms with Crippen molar-refractivity contribution in [2.24, 2.45) is 0 Å². The molecule has 0 aliphatic carbocycles. The molecule has 94 valence electrons. The zero-order valence-corrected chi connectivity index (χ0v) is 10.6. The van der Waals surface area contributed by atoms with Crippen LogP contribution in [-0.2, 0) is 13.0 Å². The third kappa shape index (κ3) is 3.57. The van der Waals surface area contributed by atoms with Gasteiger partial charge < -0.3 is 10.1 Å². The van der Waals surface area contributed by atoms with Gasteiger partial charge in [0.1, 0.15) is 5.75 Å². The number of para-hydroxylation sites is 1. The van der Waals surface area contributed by atoms with E-state index in [4.69, 9.17) is 4.74 Å². The minimum Gasteiger partial charge on any atom is -0.493 e. The lowest BCUT2D eigenvalue weighted by Gasteiger charge is -2.11. The van der Waals surface area contributed by atoms with Gasteiger partial charge in [0.15, 0.2) is 0 Å². The van der Waals surface area contributed by atoms with Crippen LogP contribution in [0.2, 0.25) is 0 Å². The number of rotatable bonds is 6. The molecule has 1 aromatic heterocycles. The van der Waals surface area contributed by atoms with Gasteiger partial charge in [-0.1, -0.05) is 24.3 Å². The van der Waals surface area contributed by atoms with Crippen molar-refractivity contribution < 1.29 is 4.74 Å². The van der Waals surface area contributed by atoms with Crippen LogP contribution in [0, 0.1) is 0 Å². The number of nitrogens with zero attached hydrogens (tertiary/aromatic N) is 1. The summed E-state index contributed by atoms with van der Waals surface area (Å²) < 4.78 is 5.83. The Morgan fingerprint density at radius 1 is 1.17 bits per heavy atom. The van der Waals surface area contributed by atoms with Gasteiger partial charge >= 0.3 is 0 Å². The molecule has 0 radical (unpaired) electrons. The van der Waals surface area contributed by atoms with Crippen LogP contribution in [0.5, 0.6) is 5.75 Å². The summed E-state index contributed by atoms with van der Waals surface area (Å²) in [6.45, 7) is 1.50. The average molecular weight is 242 g/mol. The number of hydrogen-bond acceptors (Lipinski definition) is 3. The maximum Gasteiger partial charge on any atom is 0.123 e. The molecule has 0 unspecified atom stereocenters. The molecule has 0 aliphatic heterocycles. The van der Waals surface area contributed by atoms with E-state index < -0.39 is 0 Å². The van der Waals surface area contributed by atoms with Crippen molar-refractivity contribution in [2.45, 2.75) is 13.0 Å². The van der Waals surface area contributed by atoms with Gasteiger partial charge in [-0.2, -0.15) is 0 Å². The van der Waals surface area contributed by atoms with Crippen molar-refractivity contribution in [1.82, 2.24) is 10.3 Å². The van der Waals surface area contributed by atoms with Crippen LogP contribution in [-0.4, -0.2) is 18.6 Å². The monoisotopic (exact) mass is 242 g/mol. The Morgan fingerprint density at radius 3 is 2.83 bits per heavy atom. The molecule has 3 heteroatoms. The number of nitrogens with one attached hydrogen (secondary N) is 1. The van der Waals surface area contributed by atoms with E-state index in [2.05, 4.69) is 22.4 Å². The highest BCUT2D eigenvalue weighted by Gasteiger charge is 2.01. The van der Waals surface area contributed by atoms with Crippen molar-refractivity contribution in [1.29, 1.82) is 0 Å². The van der Waals surface area contributed by atoms with Gasteiger partial charge in [-0.3, -0.25) is 4.98 Å². The van der Waals surface area contributed by atoms with Gasteiger partial charge in [0.2, 0.25) is 0 Å². The molecule has 2 aromatic rings. The minimum atomic E-state index is 0.673. The van der Waals surface area contributed by atoms with Crippen LogP contribution in [0.1, 0.15) is 11.1 Å². The fourth-order valence-electron chi connectivity index (χ4n) is 1.81. The van der Waals surface area contributed by atoms with Gasteiger partial charge in [-0.05, 0) is 24.7 Å². The lowest BCUT2D eigenvalue weighted by molar-refractivity contribution is 0.318. The molecule has 0 aliphatic rings. The Bertz CT molecular complexity index is 471. The standard InChI is InChI=1S/C15H18N2O/c1-16-12-14-6-2-3-7-15(14)18-10-8-13-5-4-9-17-11-13/h2-7,9,11,16H,8,10,12H2,1H3. The molecule has 0 atom stereocenters. The topological polar surface area (TPSA) is 34.1 Å². The summed E-state index contributed by atoms with van der Waals surface area (Å²) >= 11 is 0. The molecule has 18 heavy (non-hydrogen) atoms. The lowest BCUT2D eigenvalue weighted by Crippen LogP contribution is -2.09. The fourth-order valence-corrected chi connectivity index (χ4v) is 1.81. The summed E-state index contributed by atoms with van der Waals surface area (Å²) in [6, 6.07) is 12.1. The summed E-state index contributed by atoms with van der Waals surface area (Å²) in [4.78, 5) is 4.09. The van der Waals surface area contributed by atoms with E-state index in [-0.39, 0.29) is 0 Å². The van der Waals surface area contributed by atoms with Crippen molar-refractivity contribution in [3.05, 3.63) is 59.9 Å². The second kappa shape index (κ2) is 6.77. The van der Waals surface area contributed by atoms with Gasteiger partial charge in [-0.25, -0.2) is 0 Å². The van der Waals surface area contributed by atoms with Gasteiger partial charge in [0.25, 0.3) is 0 Å². The summed E-state index contributed by atoms with van der Waals surface area (Å²) in [5.74, 6) is 0.954. The molecule has 0 bridgehead atoms. The van der Waals surface area contributed by atoms with E-state index in [0.29, 0.717) is 6.61 Å². The van der Waals surface area contributed by atoms with E-state index in [0.717, 1.165) is 18.7 Å². The summed E-state index contributed by atoms with van der Waals surface area (Å²) in [7, 11) is 1.94. The molecule has 0 saturated carbocycles. The van der Waals surface area contributed by atoms with E-state index in [9.17, 15) is 0 Å². The predicted octanol–water partition coefficient (Wildman–Crippen LogP) is 2.42. The Hall–Kier alpha value is -1.87. The number of benzene rings is 1. The molecular weight excluding hydrogens is 224 g/mol. The molecule has 2 rings (SSSR count). The molecule has 3 nitrogen and oxygen atoms in total. The van der Waals surface area contributed by atoms with Crippen LogP contribution < -0.4 is 10.1 Å². The first kappa shape index (κ1) is 12.6. The molecule has 0 spiro atoms. The van der Waals surface area contributed by atoms with Crippen LogP contribution in [0.25, 0.3) is 0 Å². The normalized spacial score (nSPS) is 10.3. The fraction of sp³-hybridized carbons (Fsp3) is 0.267. The van der Waals surface area contributed by atoms with Gasteiger partial charge in [-0.15, -0.1) is 0 Å². The Balaban J connectivity index is 1.90. The molecular formula is C15H18N2O. The molecule has 1 heterocycles. The SMILES string of the molecule is CNCc1ccccc1OCCc1cccnc1. The first-order valence-electron chi connectivity index (χ1n) is 6.14. The van der Waals surface area contributed by atoms with Gasteiger partial charge in [0, 0.05) is 30.9 Å². The molecule has 0 saturated heterocycles. The smallest absolute Gasteiger partial charge is 0.123 e. The second-order valence-corrected chi connectivity index (χ2v) is 4.10. The molecule has 1 aromatic carbocycles. The number of aromatic nitrogens is 1. The van der Waals surface area contributed by atoms with Crippen molar-refractivity contribution in [2.75, 3.05) is 13.7 Å². The maximum atomic E-state index is 5.83. The number of pyridine rings is 1. The molecule has 1 N–H and O–H groups in total. The Kier molecular flexibility index (Phi) is 4.73. The summed E-state index contributed by atoms with van der Waals surface area (Å²) in [5.41, 5.74) is 2.38. The third-order valence-electron chi connectivity index (χ3n) is 2.71. The molecule has 0 fully saturated rings. The largest absolute Gasteiger partial charge is 0.493 e. The predicted molar refractivity (Wildman–Crippen MR) is 72.6 cm³/mol. The summed E-state index contributed by atoms with van der Waals surface area (Å²) in [5, 5.41) is 3.14. The molecule has 0 amide bonds. The van der Waals surface area contributed by atoms with Gasteiger partial charge in [0.05, 0.1) is 6.61 Å². The highest BCUT2D eigenvalue weighted by molar-refractivity contribution is 5.33. The highest BCUT2D eigenvalue weighted by atomic mass is 16.5. The zero-order chi connectivity index (χ0) is 12.6. The first-order valence-corrected chi connectivity index (χ1v) is 6.14. The third-order valence-corrected chi connectivity index (χ3v) is 2.71. The Labute approximate surface area is 108 Å². The van der Waals surface area contributed by atoms with Crippen molar-refractivity contribution in [3.8, 4) is 5.75 Å². The van der Waals surface area contributed by atoms with Crippen LogP contribution >= 0.6 is 0 Å². The van der Waals surface area contributed by atoms with Crippen LogP contribution in [0.3, 0.4) is 0 Å². The minimum absolute atomic E-state index is 0.673. The van der Waals surface area contributed by atoms with E-state index >= 15 is 0 Å². The lowest BCUT2D eigenvalue weighted by atomic mass is 10.2. The Morgan fingerprint density at radius 2 is 2.06 bits per heavy atom. The second-order valence-electron chi connectivity index (χ2n) is 4.10. The van der Waals surface area contributed by atoms with E-state index in [1.807, 2.05) is 37.5 Å². The first-order chi connectivity index (χ1) is 8.90. The van der Waals surface area contributed by atoms with Crippen LogP contribution in [0.15, 0.2) is 48.8 Å². The van der Waals surface area contributed by atoms with Crippen molar-refractivity contribution in [3.63, 3.8) is 0 Å². The van der Waals surface area contributed by atoms with Crippen molar-refractivity contribution >= 4 is 0 Å². The maximum absolute atomic E-state index is 5.83. The number of hydrogen-bond donors (Lipinski definition) is 1. The number of ether oxygens (including phenoxy) is 1. The quantitative estimate of drug-likeness (QED) is 0.844. The van der Waals surface area contributed by atoms with E-state index in [1.165, 1.54) is 11.1 Å². The summed E-state index contributed by atoms with van der Waals surface area (Å²) in [6.07, 6.45) is 4.54. The average Bonchev–Trinajstić information content (AvgIpc) is 2.42. The zero-order valence-electron chi connectivity index (χ0n) is 10.6. The van der Waals surface area contributed by atoms with Crippen LogP contribution in [0.4, 0.5) is 0 Å². The highest BCUT2D eigenvalue weighted by Crippen LogP contribution is 2.17. The van der Waals surface area contributed by atoms with E-state index in [1.54, 1.807) is 6.20 Å².